The number of halogens is 2. The first kappa shape index (κ1) is 18.1. The van der Waals surface area contributed by atoms with E-state index in [4.69, 9.17) is 0 Å². The minimum absolute atomic E-state index is 0. The van der Waals surface area contributed by atoms with Gasteiger partial charge in [-0.05, 0) is 32.0 Å². The van der Waals surface area contributed by atoms with Gasteiger partial charge in [0.1, 0.15) is 11.5 Å². The van der Waals surface area contributed by atoms with E-state index in [0.29, 0.717) is 12.2 Å². The summed E-state index contributed by atoms with van der Waals surface area (Å²) in [5, 5.41) is 9.98. The van der Waals surface area contributed by atoms with E-state index >= 15 is 0 Å². The van der Waals surface area contributed by atoms with E-state index in [1.54, 1.807) is 25.1 Å². The van der Waals surface area contributed by atoms with Gasteiger partial charge >= 0.3 is 0 Å². The first-order valence-corrected chi connectivity index (χ1v) is 7.44. The number of carbonyl (C=O) groups excluding carboxylic acids is 1. The lowest BCUT2D eigenvalue weighted by molar-refractivity contribution is 0.0932. The van der Waals surface area contributed by atoms with Crippen LogP contribution >= 0.6 is 12.4 Å². The molecule has 1 atom stereocenters. The van der Waals surface area contributed by atoms with Crippen molar-refractivity contribution in [3.63, 3.8) is 0 Å². The van der Waals surface area contributed by atoms with Crippen LogP contribution in [0.2, 0.25) is 0 Å². The molecule has 1 aromatic heterocycles. The fraction of sp³-hybridized carbons (Fsp3) is 0.312. The number of hydrogen-bond acceptors (Lipinski definition) is 4. The fourth-order valence-corrected chi connectivity index (χ4v) is 2.60. The van der Waals surface area contributed by atoms with E-state index in [9.17, 15) is 14.0 Å². The normalized spacial score (nSPS) is 16.5. The van der Waals surface area contributed by atoms with Crippen LogP contribution in [-0.4, -0.2) is 34.8 Å². The smallest absolute Gasteiger partial charge is 0.276 e. The maximum Gasteiger partial charge on any atom is 0.276 e. The predicted molar refractivity (Wildman–Crippen MR) is 90.5 cm³/mol. The Labute approximate surface area is 144 Å². The van der Waals surface area contributed by atoms with Crippen LogP contribution in [0.15, 0.2) is 35.1 Å². The zero-order valence-electron chi connectivity index (χ0n) is 13.1. The number of aromatic nitrogens is 2. The molecule has 128 valence electrons. The van der Waals surface area contributed by atoms with Crippen LogP contribution in [0, 0.1) is 12.7 Å². The fourth-order valence-electron chi connectivity index (χ4n) is 2.60. The molecular formula is C16H18ClFN4O2. The van der Waals surface area contributed by atoms with E-state index in [-0.39, 0.29) is 29.8 Å². The molecule has 6 nitrogen and oxygen atoms in total. The SMILES string of the molecule is Cc1cc(=O)c(C(=O)NC2CCNC2)nn1-c1ccccc1F.Cl. The van der Waals surface area contributed by atoms with Crippen molar-refractivity contribution in [1.29, 1.82) is 0 Å². The minimum atomic E-state index is -0.534. The Morgan fingerprint density at radius 1 is 1.42 bits per heavy atom. The van der Waals surface area contributed by atoms with Crippen molar-refractivity contribution in [3.8, 4) is 5.69 Å². The van der Waals surface area contributed by atoms with Gasteiger partial charge in [-0.25, -0.2) is 9.07 Å². The Bertz CT molecular complexity index is 803. The number of nitrogens with one attached hydrogen (secondary N) is 2. The summed E-state index contributed by atoms with van der Waals surface area (Å²) >= 11 is 0. The van der Waals surface area contributed by atoms with Gasteiger partial charge in [-0.3, -0.25) is 9.59 Å². The van der Waals surface area contributed by atoms with Gasteiger partial charge in [0.15, 0.2) is 5.69 Å². The lowest BCUT2D eigenvalue weighted by Crippen LogP contribution is -2.39. The molecule has 0 spiro atoms. The second-order valence-electron chi connectivity index (χ2n) is 5.52. The summed E-state index contributed by atoms with van der Waals surface area (Å²) in [6.45, 7) is 3.13. The highest BCUT2D eigenvalue weighted by atomic mass is 35.5. The molecule has 1 saturated heterocycles. The van der Waals surface area contributed by atoms with Crippen LogP contribution < -0.4 is 16.1 Å². The first-order chi connectivity index (χ1) is 11.1. The van der Waals surface area contributed by atoms with Gasteiger partial charge < -0.3 is 10.6 Å². The molecule has 2 aromatic rings. The van der Waals surface area contributed by atoms with Gasteiger partial charge in [0.2, 0.25) is 5.43 Å². The van der Waals surface area contributed by atoms with Crippen LogP contribution in [0.3, 0.4) is 0 Å². The Hall–Kier alpha value is -2.25. The Morgan fingerprint density at radius 2 is 2.17 bits per heavy atom. The molecule has 1 aromatic carbocycles. The zero-order chi connectivity index (χ0) is 16.4. The summed E-state index contributed by atoms with van der Waals surface area (Å²) in [4.78, 5) is 24.4. The molecule has 2 heterocycles. The molecule has 2 N–H and O–H groups in total. The Morgan fingerprint density at radius 3 is 2.83 bits per heavy atom. The third-order valence-corrected chi connectivity index (χ3v) is 3.80. The van der Waals surface area contributed by atoms with Crippen LogP contribution in [0.5, 0.6) is 0 Å². The van der Waals surface area contributed by atoms with Gasteiger partial charge in [0.25, 0.3) is 5.91 Å². The third kappa shape index (κ3) is 3.63. The zero-order valence-corrected chi connectivity index (χ0v) is 13.9. The average molecular weight is 353 g/mol. The summed E-state index contributed by atoms with van der Waals surface area (Å²) < 4.78 is 15.2. The number of rotatable bonds is 3. The monoisotopic (exact) mass is 352 g/mol. The van der Waals surface area contributed by atoms with Crippen molar-refractivity contribution in [2.75, 3.05) is 13.1 Å². The lowest BCUT2D eigenvalue weighted by atomic mass is 10.2. The van der Waals surface area contributed by atoms with Crippen molar-refractivity contribution in [1.82, 2.24) is 20.4 Å². The molecule has 24 heavy (non-hydrogen) atoms. The molecule has 0 aliphatic carbocycles. The van der Waals surface area contributed by atoms with Gasteiger partial charge in [0, 0.05) is 24.3 Å². The number of amides is 1. The number of hydrogen-bond donors (Lipinski definition) is 2. The van der Waals surface area contributed by atoms with Gasteiger partial charge in [-0.1, -0.05) is 12.1 Å². The molecule has 1 fully saturated rings. The molecule has 8 heteroatoms. The number of para-hydroxylation sites is 1. The van der Waals surface area contributed by atoms with E-state index in [0.717, 1.165) is 13.0 Å². The van der Waals surface area contributed by atoms with Crippen molar-refractivity contribution < 1.29 is 9.18 Å². The summed E-state index contributed by atoms with van der Waals surface area (Å²) in [5.41, 5.74) is -0.0509. The van der Waals surface area contributed by atoms with Gasteiger partial charge in [-0.15, -0.1) is 12.4 Å². The van der Waals surface area contributed by atoms with Crippen LogP contribution in [0.4, 0.5) is 4.39 Å². The van der Waals surface area contributed by atoms with Crippen LogP contribution in [0.25, 0.3) is 5.69 Å². The lowest BCUT2D eigenvalue weighted by Gasteiger charge is -2.14. The molecule has 1 unspecified atom stereocenters. The highest BCUT2D eigenvalue weighted by Gasteiger charge is 2.21. The van der Waals surface area contributed by atoms with Crippen molar-refractivity contribution >= 4 is 18.3 Å². The maximum absolute atomic E-state index is 14.0. The number of benzene rings is 1. The Kier molecular flexibility index (Phi) is 5.69. The average Bonchev–Trinajstić information content (AvgIpc) is 3.01. The molecule has 3 rings (SSSR count). The summed E-state index contributed by atoms with van der Waals surface area (Å²) in [7, 11) is 0. The molecule has 1 aliphatic rings. The van der Waals surface area contributed by atoms with Crippen LogP contribution in [0.1, 0.15) is 22.6 Å². The molecular weight excluding hydrogens is 335 g/mol. The molecule has 0 saturated carbocycles. The van der Waals surface area contributed by atoms with Gasteiger partial charge in [0.05, 0.1) is 0 Å². The summed E-state index contributed by atoms with van der Waals surface area (Å²) in [5.74, 6) is -1.01. The highest BCUT2D eigenvalue weighted by Crippen LogP contribution is 2.13. The molecule has 1 amide bonds. The third-order valence-electron chi connectivity index (χ3n) is 3.80. The second-order valence-corrected chi connectivity index (χ2v) is 5.52. The molecule has 1 aliphatic heterocycles. The van der Waals surface area contributed by atoms with E-state index < -0.39 is 17.2 Å². The standard InChI is InChI=1S/C16H17FN4O2.ClH/c1-10-8-14(22)15(16(23)19-11-6-7-18-9-11)20-21(10)13-5-3-2-4-12(13)17;/h2-5,8,11,18H,6-7,9H2,1H3,(H,19,23);1H. The van der Waals surface area contributed by atoms with Crippen molar-refractivity contribution in [3.05, 3.63) is 57.8 Å². The number of aryl methyl sites for hydroxylation is 1. The molecule has 0 radical (unpaired) electrons. The van der Waals surface area contributed by atoms with E-state index in [1.807, 2.05) is 0 Å². The van der Waals surface area contributed by atoms with Gasteiger partial charge in [-0.2, -0.15) is 5.10 Å². The maximum atomic E-state index is 14.0. The first-order valence-electron chi connectivity index (χ1n) is 7.44. The topological polar surface area (TPSA) is 76.0 Å². The summed E-state index contributed by atoms with van der Waals surface area (Å²) in [6.07, 6.45) is 0.805. The van der Waals surface area contributed by atoms with Crippen molar-refractivity contribution in [2.45, 2.75) is 19.4 Å². The Balaban J connectivity index is 0.00000208. The van der Waals surface area contributed by atoms with Crippen LogP contribution in [-0.2, 0) is 0 Å². The highest BCUT2D eigenvalue weighted by molar-refractivity contribution is 5.92. The predicted octanol–water partition coefficient (Wildman–Crippen LogP) is 1.19. The summed E-state index contributed by atoms with van der Waals surface area (Å²) in [6, 6.07) is 7.35. The second kappa shape index (κ2) is 7.55. The minimum Gasteiger partial charge on any atom is -0.346 e. The van der Waals surface area contributed by atoms with E-state index in [1.165, 1.54) is 16.8 Å². The van der Waals surface area contributed by atoms with E-state index in [2.05, 4.69) is 15.7 Å². The number of nitrogens with zero attached hydrogens (tertiary/aromatic N) is 2. The van der Waals surface area contributed by atoms with Crippen molar-refractivity contribution in [2.24, 2.45) is 0 Å². The number of carbonyl (C=O) groups is 1. The largest absolute Gasteiger partial charge is 0.346 e. The quantitative estimate of drug-likeness (QED) is 0.870. The molecule has 0 bridgehead atoms.